The van der Waals surface area contributed by atoms with Crippen molar-refractivity contribution in [1.82, 2.24) is 14.8 Å². The zero-order valence-electron chi connectivity index (χ0n) is 11.3. The molecule has 0 amide bonds. The predicted molar refractivity (Wildman–Crippen MR) is 67.0 cm³/mol. The maximum absolute atomic E-state index is 13.3. The molecule has 0 saturated heterocycles. The van der Waals surface area contributed by atoms with Crippen molar-refractivity contribution >= 4 is 5.97 Å². The van der Waals surface area contributed by atoms with Crippen LogP contribution in [0.1, 0.15) is 28.5 Å². The summed E-state index contributed by atoms with van der Waals surface area (Å²) < 4.78 is 45.0. The lowest BCUT2D eigenvalue weighted by atomic mass is 10.2. The third-order valence-corrected chi connectivity index (χ3v) is 2.68. The molecule has 0 aliphatic heterocycles. The van der Waals surface area contributed by atoms with Crippen molar-refractivity contribution in [2.24, 2.45) is 0 Å². The highest BCUT2D eigenvalue weighted by atomic mass is 19.4. The highest BCUT2D eigenvalue weighted by Crippen LogP contribution is 2.34. The molecule has 114 valence electrons. The van der Waals surface area contributed by atoms with Crippen LogP contribution in [0.25, 0.3) is 5.69 Å². The van der Waals surface area contributed by atoms with Crippen molar-refractivity contribution in [3.05, 3.63) is 41.5 Å². The minimum absolute atomic E-state index is 0.0694. The third kappa shape index (κ3) is 2.76. The van der Waals surface area contributed by atoms with Crippen LogP contribution in [0.2, 0.25) is 0 Å². The molecule has 0 aliphatic carbocycles. The minimum atomic E-state index is -4.85. The topological polar surface area (TPSA) is 80.8 Å². The molecule has 0 aliphatic rings. The molecule has 2 rings (SSSR count). The molecule has 0 fully saturated rings. The summed E-state index contributed by atoms with van der Waals surface area (Å²) in [5, 5.41) is 12.6. The van der Waals surface area contributed by atoms with Gasteiger partial charge in [-0.1, -0.05) is 0 Å². The summed E-state index contributed by atoms with van der Waals surface area (Å²) in [5.41, 5.74) is -2.24. The molecule has 0 N–H and O–H groups in total. The first kappa shape index (κ1) is 15.5. The van der Waals surface area contributed by atoms with E-state index in [2.05, 4.69) is 14.8 Å². The number of nitriles is 1. The number of nitrogens with zero attached hydrogens (tertiary/aromatic N) is 4. The molecule has 6 nitrogen and oxygen atoms in total. The Kier molecular flexibility index (Phi) is 4.12. The first-order valence-corrected chi connectivity index (χ1v) is 6.07. The lowest BCUT2D eigenvalue weighted by Gasteiger charge is -2.12. The van der Waals surface area contributed by atoms with E-state index in [1.165, 1.54) is 19.2 Å². The van der Waals surface area contributed by atoms with E-state index in [-0.39, 0.29) is 17.9 Å². The van der Waals surface area contributed by atoms with E-state index in [9.17, 15) is 18.0 Å². The van der Waals surface area contributed by atoms with E-state index in [1.807, 2.05) is 0 Å². The zero-order valence-corrected chi connectivity index (χ0v) is 11.3. The summed E-state index contributed by atoms with van der Waals surface area (Å²) in [6.45, 7) is 1.41. The van der Waals surface area contributed by atoms with Crippen LogP contribution in [0, 0.1) is 11.3 Å². The van der Waals surface area contributed by atoms with Gasteiger partial charge in [0.2, 0.25) is 0 Å². The number of pyridine rings is 1. The van der Waals surface area contributed by atoms with Gasteiger partial charge in [-0.05, 0) is 13.0 Å². The van der Waals surface area contributed by atoms with Crippen LogP contribution in [-0.4, -0.2) is 27.3 Å². The van der Waals surface area contributed by atoms with Crippen molar-refractivity contribution in [1.29, 1.82) is 5.26 Å². The number of alkyl halides is 3. The van der Waals surface area contributed by atoms with Gasteiger partial charge in [0.15, 0.2) is 5.69 Å². The second kappa shape index (κ2) is 5.85. The van der Waals surface area contributed by atoms with Crippen LogP contribution in [0.15, 0.2) is 24.7 Å². The van der Waals surface area contributed by atoms with E-state index in [4.69, 9.17) is 5.26 Å². The van der Waals surface area contributed by atoms with Crippen LogP contribution in [0.3, 0.4) is 0 Å². The van der Waals surface area contributed by atoms with E-state index in [0.29, 0.717) is 4.68 Å². The first-order valence-electron chi connectivity index (χ1n) is 6.07. The first-order chi connectivity index (χ1) is 10.4. The Bertz CT molecular complexity index is 746. The summed E-state index contributed by atoms with van der Waals surface area (Å²) in [6.07, 6.45) is -1.75. The second-order valence-corrected chi connectivity index (χ2v) is 4.04. The van der Waals surface area contributed by atoms with Crippen molar-refractivity contribution in [2.75, 3.05) is 6.61 Å². The molecule has 0 spiro atoms. The Morgan fingerprint density at radius 2 is 2.18 bits per heavy atom. The SMILES string of the molecule is CCOC(=O)c1cnn(-c2ccncc2C#N)c1C(F)(F)F. The van der Waals surface area contributed by atoms with Gasteiger partial charge in [-0.25, -0.2) is 9.48 Å². The van der Waals surface area contributed by atoms with Gasteiger partial charge >= 0.3 is 12.1 Å². The lowest BCUT2D eigenvalue weighted by molar-refractivity contribution is -0.143. The number of halogens is 3. The molecule has 0 unspecified atom stereocenters. The number of aromatic nitrogens is 3. The quantitative estimate of drug-likeness (QED) is 0.813. The summed E-state index contributed by atoms with van der Waals surface area (Å²) in [7, 11) is 0. The van der Waals surface area contributed by atoms with Crippen molar-refractivity contribution in [2.45, 2.75) is 13.1 Å². The Labute approximate surface area is 122 Å². The average Bonchev–Trinajstić information content (AvgIpc) is 2.92. The van der Waals surface area contributed by atoms with E-state index >= 15 is 0 Å². The molecule has 0 aromatic carbocycles. The van der Waals surface area contributed by atoms with Crippen LogP contribution in [0.5, 0.6) is 0 Å². The molecule has 2 aromatic rings. The van der Waals surface area contributed by atoms with Gasteiger partial charge in [-0.15, -0.1) is 0 Å². The fourth-order valence-corrected chi connectivity index (χ4v) is 1.82. The van der Waals surface area contributed by atoms with E-state index in [1.54, 1.807) is 6.07 Å². The number of hydrogen-bond donors (Lipinski definition) is 0. The molecule has 0 bridgehead atoms. The van der Waals surface area contributed by atoms with E-state index in [0.717, 1.165) is 12.4 Å². The lowest BCUT2D eigenvalue weighted by Crippen LogP contribution is -2.19. The minimum Gasteiger partial charge on any atom is -0.462 e. The molecule has 0 saturated carbocycles. The van der Waals surface area contributed by atoms with Crippen molar-refractivity contribution in [3.8, 4) is 11.8 Å². The van der Waals surface area contributed by atoms with Crippen LogP contribution in [0.4, 0.5) is 13.2 Å². The number of hydrogen-bond acceptors (Lipinski definition) is 5. The van der Waals surface area contributed by atoms with Crippen molar-refractivity contribution in [3.63, 3.8) is 0 Å². The molecule has 0 atom stereocenters. The Hall–Kier alpha value is -2.89. The molecule has 2 aromatic heterocycles. The number of esters is 1. The summed E-state index contributed by atoms with van der Waals surface area (Å²) in [4.78, 5) is 15.3. The molecule has 0 radical (unpaired) electrons. The number of rotatable bonds is 3. The summed E-state index contributed by atoms with van der Waals surface area (Å²) in [5.74, 6) is -1.13. The Morgan fingerprint density at radius 3 is 2.77 bits per heavy atom. The predicted octanol–water partition coefficient (Wildman–Crippen LogP) is 2.33. The second-order valence-electron chi connectivity index (χ2n) is 4.04. The smallest absolute Gasteiger partial charge is 0.434 e. The molecular formula is C13H9F3N4O2. The summed E-state index contributed by atoms with van der Waals surface area (Å²) >= 11 is 0. The summed E-state index contributed by atoms with van der Waals surface area (Å²) in [6, 6.07) is 2.93. The van der Waals surface area contributed by atoms with Gasteiger partial charge in [-0.3, -0.25) is 4.98 Å². The molecule has 9 heteroatoms. The van der Waals surface area contributed by atoms with Crippen LogP contribution >= 0.6 is 0 Å². The maximum atomic E-state index is 13.3. The normalized spacial score (nSPS) is 11.0. The molecular weight excluding hydrogens is 301 g/mol. The largest absolute Gasteiger partial charge is 0.462 e. The van der Waals surface area contributed by atoms with Crippen LogP contribution in [-0.2, 0) is 10.9 Å². The van der Waals surface area contributed by atoms with E-state index < -0.39 is 23.4 Å². The number of carbonyl (C=O) groups excluding carboxylic acids is 1. The number of carbonyl (C=O) groups is 1. The Balaban J connectivity index is 2.68. The molecule has 2 heterocycles. The average molecular weight is 310 g/mol. The van der Waals surface area contributed by atoms with Crippen LogP contribution < -0.4 is 0 Å². The monoisotopic (exact) mass is 310 g/mol. The highest BCUT2D eigenvalue weighted by Gasteiger charge is 2.41. The fourth-order valence-electron chi connectivity index (χ4n) is 1.82. The van der Waals surface area contributed by atoms with Crippen molar-refractivity contribution < 1.29 is 22.7 Å². The highest BCUT2D eigenvalue weighted by molar-refractivity contribution is 5.90. The van der Waals surface area contributed by atoms with Gasteiger partial charge in [-0.2, -0.15) is 23.5 Å². The third-order valence-electron chi connectivity index (χ3n) is 2.68. The molecule has 22 heavy (non-hydrogen) atoms. The zero-order chi connectivity index (χ0) is 16.3. The van der Waals surface area contributed by atoms with Gasteiger partial charge in [0.05, 0.1) is 24.1 Å². The fraction of sp³-hybridized carbons (Fsp3) is 0.231. The standard InChI is InChI=1S/C13H9F3N4O2/c1-2-22-12(21)9-7-19-20(11(9)13(14,15)16)10-3-4-18-6-8(10)5-17/h3-4,6-7H,2H2,1H3. The van der Waals surface area contributed by atoms with Gasteiger partial charge in [0.25, 0.3) is 0 Å². The Morgan fingerprint density at radius 1 is 1.45 bits per heavy atom. The van der Waals surface area contributed by atoms with Gasteiger partial charge in [0.1, 0.15) is 11.6 Å². The van der Waals surface area contributed by atoms with Gasteiger partial charge in [0, 0.05) is 12.4 Å². The maximum Gasteiger partial charge on any atom is 0.434 e. The van der Waals surface area contributed by atoms with Gasteiger partial charge < -0.3 is 4.74 Å². The number of ether oxygens (including phenoxy) is 1.